The minimum Gasteiger partial charge on any atom is -0.481 e. The van der Waals surface area contributed by atoms with Crippen molar-refractivity contribution in [3.63, 3.8) is 0 Å². The fourth-order valence-corrected chi connectivity index (χ4v) is 1.37. The summed E-state index contributed by atoms with van der Waals surface area (Å²) in [6.45, 7) is 4.98. The molecule has 1 aromatic heterocycles. The molecule has 7 nitrogen and oxygen atoms in total. The smallest absolute Gasteiger partial charge is 0.308 e. The molecule has 0 spiro atoms. The van der Waals surface area contributed by atoms with Crippen molar-refractivity contribution in [2.45, 2.75) is 13.8 Å². The molecule has 1 aromatic rings. The number of nitrogens with zero attached hydrogens (tertiary/aromatic N) is 2. The first-order valence-electron chi connectivity index (χ1n) is 6.08. The van der Waals surface area contributed by atoms with Crippen LogP contribution in [0, 0.1) is 12.8 Å². The van der Waals surface area contributed by atoms with E-state index in [1.807, 2.05) is 0 Å². The largest absolute Gasteiger partial charge is 0.481 e. The topological polar surface area (TPSA) is 96.4 Å². The minimum absolute atomic E-state index is 0.323. The molecule has 1 rings (SSSR count). The summed E-state index contributed by atoms with van der Waals surface area (Å²) in [5, 5.41) is 14.9. The maximum absolute atomic E-state index is 10.7. The Bertz CT molecular complexity index is 425. The quantitative estimate of drug-likeness (QED) is 0.605. The van der Waals surface area contributed by atoms with Crippen LogP contribution < -0.4 is 10.6 Å². The van der Waals surface area contributed by atoms with Gasteiger partial charge in [-0.3, -0.25) is 4.79 Å². The summed E-state index contributed by atoms with van der Waals surface area (Å²) >= 11 is 0. The lowest BCUT2D eigenvalue weighted by molar-refractivity contribution is -0.140. The standard InChI is InChI=1S/C12H20N4O3/c1-8(12(17)18)7-14-11-6-10(13-4-5-19-3)15-9(2)16-11/h6,8H,4-5,7H2,1-3H3,(H,17,18)(H2,13,14,15,16). The molecular weight excluding hydrogens is 248 g/mol. The first-order chi connectivity index (χ1) is 9.02. The van der Waals surface area contributed by atoms with Crippen LogP contribution in [0.2, 0.25) is 0 Å². The number of ether oxygens (including phenoxy) is 1. The molecule has 0 saturated heterocycles. The Balaban J connectivity index is 2.60. The van der Waals surface area contributed by atoms with Crippen molar-refractivity contribution in [2.75, 3.05) is 37.4 Å². The molecule has 1 atom stereocenters. The maximum atomic E-state index is 10.7. The van der Waals surface area contributed by atoms with E-state index in [0.717, 1.165) is 0 Å². The molecule has 106 valence electrons. The number of aliphatic carboxylic acids is 1. The van der Waals surface area contributed by atoms with Crippen molar-refractivity contribution in [3.05, 3.63) is 11.9 Å². The van der Waals surface area contributed by atoms with Gasteiger partial charge in [0, 0.05) is 26.3 Å². The van der Waals surface area contributed by atoms with Gasteiger partial charge in [-0.05, 0) is 6.92 Å². The minimum atomic E-state index is -0.836. The summed E-state index contributed by atoms with van der Waals surface area (Å²) < 4.78 is 4.94. The zero-order chi connectivity index (χ0) is 14.3. The Morgan fingerprint density at radius 3 is 2.63 bits per heavy atom. The monoisotopic (exact) mass is 268 g/mol. The molecule has 0 radical (unpaired) electrons. The molecule has 0 aliphatic carbocycles. The molecule has 0 bridgehead atoms. The zero-order valence-electron chi connectivity index (χ0n) is 11.4. The van der Waals surface area contributed by atoms with E-state index < -0.39 is 11.9 Å². The molecule has 0 aliphatic rings. The average molecular weight is 268 g/mol. The molecule has 1 unspecified atom stereocenters. The van der Waals surface area contributed by atoms with E-state index in [1.54, 1.807) is 27.0 Å². The molecule has 19 heavy (non-hydrogen) atoms. The fraction of sp³-hybridized carbons (Fsp3) is 0.583. The number of hydrogen-bond acceptors (Lipinski definition) is 6. The van der Waals surface area contributed by atoms with Gasteiger partial charge in [-0.25, -0.2) is 9.97 Å². The maximum Gasteiger partial charge on any atom is 0.308 e. The van der Waals surface area contributed by atoms with Crippen LogP contribution in [0.15, 0.2) is 6.07 Å². The summed E-state index contributed by atoms with van der Waals surface area (Å²) in [7, 11) is 1.63. The van der Waals surface area contributed by atoms with E-state index >= 15 is 0 Å². The molecule has 0 aliphatic heterocycles. The number of carboxylic acids is 1. The second kappa shape index (κ2) is 7.52. The number of aromatic nitrogens is 2. The van der Waals surface area contributed by atoms with Crippen LogP contribution in [-0.4, -0.2) is 47.8 Å². The Hall–Kier alpha value is -1.89. The number of anilines is 2. The van der Waals surface area contributed by atoms with Gasteiger partial charge in [0.05, 0.1) is 12.5 Å². The van der Waals surface area contributed by atoms with E-state index in [-0.39, 0.29) is 0 Å². The van der Waals surface area contributed by atoms with Gasteiger partial charge in [0.2, 0.25) is 0 Å². The molecule has 0 fully saturated rings. The van der Waals surface area contributed by atoms with Gasteiger partial charge in [-0.15, -0.1) is 0 Å². The van der Waals surface area contributed by atoms with Gasteiger partial charge >= 0.3 is 5.97 Å². The highest BCUT2D eigenvalue weighted by Gasteiger charge is 2.11. The van der Waals surface area contributed by atoms with Gasteiger partial charge in [-0.2, -0.15) is 0 Å². The van der Waals surface area contributed by atoms with Crippen molar-refractivity contribution in [3.8, 4) is 0 Å². The van der Waals surface area contributed by atoms with E-state index in [1.165, 1.54) is 0 Å². The summed E-state index contributed by atoms with van der Waals surface area (Å²) in [4.78, 5) is 19.2. The van der Waals surface area contributed by atoms with Crippen LogP contribution >= 0.6 is 0 Å². The third-order valence-electron chi connectivity index (χ3n) is 2.46. The molecular formula is C12H20N4O3. The van der Waals surface area contributed by atoms with E-state index in [0.29, 0.717) is 37.2 Å². The molecule has 0 aromatic carbocycles. The Morgan fingerprint density at radius 1 is 1.42 bits per heavy atom. The first-order valence-corrected chi connectivity index (χ1v) is 6.08. The van der Waals surface area contributed by atoms with Crippen LogP contribution in [0.5, 0.6) is 0 Å². The predicted octanol–water partition coefficient (Wildman–Crippen LogP) is 0.976. The SMILES string of the molecule is COCCNc1cc(NCC(C)C(=O)O)nc(C)n1. The second-order valence-electron chi connectivity index (χ2n) is 4.23. The van der Waals surface area contributed by atoms with Gasteiger partial charge in [0.1, 0.15) is 17.5 Å². The second-order valence-corrected chi connectivity index (χ2v) is 4.23. The van der Waals surface area contributed by atoms with Crippen LogP contribution in [0.25, 0.3) is 0 Å². The first kappa shape index (κ1) is 15.2. The molecule has 0 saturated carbocycles. The third-order valence-corrected chi connectivity index (χ3v) is 2.46. The van der Waals surface area contributed by atoms with Crippen LogP contribution in [0.1, 0.15) is 12.7 Å². The number of methoxy groups -OCH3 is 1. The highest BCUT2D eigenvalue weighted by Crippen LogP contribution is 2.11. The lowest BCUT2D eigenvalue weighted by Crippen LogP contribution is -2.20. The van der Waals surface area contributed by atoms with Crippen molar-refractivity contribution in [1.29, 1.82) is 0 Å². The predicted molar refractivity (Wildman–Crippen MR) is 72.4 cm³/mol. The fourth-order valence-electron chi connectivity index (χ4n) is 1.37. The van der Waals surface area contributed by atoms with Crippen LogP contribution in [0.4, 0.5) is 11.6 Å². The highest BCUT2D eigenvalue weighted by atomic mass is 16.5. The van der Waals surface area contributed by atoms with Gasteiger partial charge in [0.15, 0.2) is 0 Å². The Morgan fingerprint density at radius 2 is 2.05 bits per heavy atom. The number of hydrogen-bond donors (Lipinski definition) is 3. The summed E-state index contributed by atoms with van der Waals surface area (Å²) in [5.41, 5.74) is 0. The average Bonchev–Trinajstić information content (AvgIpc) is 2.35. The summed E-state index contributed by atoms with van der Waals surface area (Å²) in [6, 6.07) is 1.75. The highest BCUT2D eigenvalue weighted by molar-refractivity contribution is 5.70. The number of nitrogens with one attached hydrogen (secondary N) is 2. The normalized spacial score (nSPS) is 11.9. The van der Waals surface area contributed by atoms with Gasteiger partial charge < -0.3 is 20.5 Å². The van der Waals surface area contributed by atoms with Crippen molar-refractivity contribution in [1.82, 2.24) is 9.97 Å². The lowest BCUT2D eigenvalue weighted by Gasteiger charge is -2.11. The number of carboxylic acid groups (broad SMARTS) is 1. The van der Waals surface area contributed by atoms with E-state index in [9.17, 15) is 4.79 Å². The van der Waals surface area contributed by atoms with Crippen molar-refractivity contribution < 1.29 is 14.6 Å². The Labute approximate surface area is 112 Å². The third kappa shape index (κ3) is 5.52. The Kier molecular flexibility index (Phi) is 6.01. The molecule has 0 amide bonds. The molecule has 7 heteroatoms. The van der Waals surface area contributed by atoms with Gasteiger partial charge in [-0.1, -0.05) is 6.92 Å². The summed E-state index contributed by atoms with van der Waals surface area (Å²) in [5.74, 6) is 0.611. The van der Waals surface area contributed by atoms with Crippen molar-refractivity contribution >= 4 is 17.6 Å². The number of aryl methyl sites for hydroxylation is 1. The summed E-state index contributed by atoms with van der Waals surface area (Å²) in [6.07, 6.45) is 0. The van der Waals surface area contributed by atoms with Gasteiger partial charge in [0.25, 0.3) is 0 Å². The number of rotatable bonds is 8. The van der Waals surface area contributed by atoms with E-state index in [2.05, 4.69) is 20.6 Å². The lowest BCUT2D eigenvalue weighted by atomic mass is 10.2. The van der Waals surface area contributed by atoms with Crippen LogP contribution in [0.3, 0.4) is 0 Å². The van der Waals surface area contributed by atoms with E-state index in [4.69, 9.17) is 9.84 Å². The van der Waals surface area contributed by atoms with Crippen LogP contribution in [-0.2, 0) is 9.53 Å². The number of carbonyl (C=O) groups is 1. The molecule has 1 heterocycles. The van der Waals surface area contributed by atoms with Crippen molar-refractivity contribution in [2.24, 2.45) is 5.92 Å². The molecule has 3 N–H and O–H groups in total. The zero-order valence-corrected chi connectivity index (χ0v) is 11.4.